The Morgan fingerprint density at radius 2 is 1.61 bits per heavy atom. The number of nitrogens with zero attached hydrogens (tertiary/aromatic N) is 3. The van der Waals surface area contributed by atoms with E-state index in [9.17, 15) is 4.79 Å². The number of pyridine rings is 1. The van der Waals surface area contributed by atoms with Crippen LogP contribution in [0.25, 0.3) is 21.0 Å². The highest BCUT2D eigenvalue weighted by Gasteiger charge is 2.18. The van der Waals surface area contributed by atoms with Gasteiger partial charge in [-0.2, -0.15) is 0 Å². The van der Waals surface area contributed by atoms with E-state index in [-0.39, 0.29) is 18.0 Å². The van der Waals surface area contributed by atoms with Gasteiger partial charge in [0.2, 0.25) is 0 Å². The van der Waals surface area contributed by atoms with Crippen molar-refractivity contribution in [3.05, 3.63) is 76.4 Å². The summed E-state index contributed by atoms with van der Waals surface area (Å²) in [4.78, 5) is 17.4. The molecular weight excluding hydrogens is 426 g/mol. The van der Waals surface area contributed by atoms with Gasteiger partial charge in [0.1, 0.15) is 0 Å². The predicted molar refractivity (Wildman–Crippen MR) is 135 cm³/mol. The van der Waals surface area contributed by atoms with Crippen LogP contribution in [0.2, 0.25) is 0 Å². The van der Waals surface area contributed by atoms with Crippen LogP contribution in [0.5, 0.6) is 0 Å². The molecule has 0 bridgehead atoms. The Balaban J connectivity index is 0.00000231. The smallest absolute Gasteiger partial charge is 0.251 e. The van der Waals surface area contributed by atoms with Crippen molar-refractivity contribution < 1.29 is 0 Å². The second-order valence-electron chi connectivity index (χ2n) is 8.03. The number of fused-ring (bicyclic) bond motifs is 2. The third-order valence-corrected chi connectivity index (χ3v) is 7.07. The van der Waals surface area contributed by atoms with Crippen LogP contribution in [0.15, 0.2) is 70.8 Å². The van der Waals surface area contributed by atoms with Crippen molar-refractivity contribution in [3.8, 4) is 0 Å². The maximum absolute atomic E-state index is 12.3. The van der Waals surface area contributed by atoms with Gasteiger partial charge in [-0.15, -0.1) is 23.7 Å². The highest BCUT2D eigenvalue weighted by molar-refractivity contribution is 7.17. The first kappa shape index (κ1) is 21.9. The number of hydrogen-bond donors (Lipinski definition) is 0. The minimum Gasteiger partial charge on any atom is -0.368 e. The van der Waals surface area contributed by atoms with E-state index in [0.717, 1.165) is 63.0 Å². The number of aryl methyl sites for hydroxylation is 1. The van der Waals surface area contributed by atoms with E-state index in [1.54, 1.807) is 6.07 Å². The van der Waals surface area contributed by atoms with Crippen molar-refractivity contribution in [2.45, 2.75) is 19.4 Å². The Morgan fingerprint density at radius 3 is 2.48 bits per heavy atom. The monoisotopic (exact) mass is 453 g/mol. The summed E-state index contributed by atoms with van der Waals surface area (Å²) in [6.45, 7) is 6.27. The van der Waals surface area contributed by atoms with Crippen LogP contribution in [0.3, 0.4) is 0 Å². The lowest BCUT2D eigenvalue weighted by Crippen LogP contribution is -2.46. The molecule has 162 valence electrons. The molecule has 4 aromatic rings. The maximum atomic E-state index is 12.3. The second kappa shape index (κ2) is 9.86. The molecule has 1 aliphatic rings. The molecule has 0 spiro atoms. The van der Waals surface area contributed by atoms with Gasteiger partial charge in [-0.1, -0.05) is 24.3 Å². The van der Waals surface area contributed by atoms with E-state index in [4.69, 9.17) is 0 Å². The summed E-state index contributed by atoms with van der Waals surface area (Å²) in [6.07, 6.45) is 2.15. The summed E-state index contributed by atoms with van der Waals surface area (Å²) in [5.74, 6) is 0. The number of anilines is 1. The summed E-state index contributed by atoms with van der Waals surface area (Å²) in [5.41, 5.74) is 2.52. The highest BCUT2D eigenvalue weighted by Crippen LogP contribution is 2.31. The minimum atomic E-state index is 0. The molecule has 2 aromatic carbocycles. The van der Waals surface area contributed by atoms with Crippen molar-refractivity contribution in [2.24, 2.45) is 0 Å². The zero-order chi connectivity index (χ0) is 20.3. The molecule has 1 saturated heterocycles. The number of para-hydroxylation sites is 1. The number of rotatable bonds is 6. The number of thiophene rings is 1. The van der Waals surface area contributed by atoms with E-state index >= 15 is 0 Å². The average Bonchev–Trinajstić information content (AvgIpc) is 3.27. The molecule has 1 aliphatic heterocycles. The van der Waals surface area contributed by atoms with Gasteiger partial charge in [0.05, 0.1) is 5.52 Å². The van der Waals surface area contributed by atoms with Gasteiger partial charge < -0.3 is 9.47 Å². The van der Waals surface area contributed by atoms with Crippen molar-refractivity contribution >= 4 is 50.4 Å². The summed E-state index contributed by atoms with van der Waals surface area (Å²) in [5, 5.41) is 4.71. The van der Waals surface area contributed by atoms with Gasteiger partial charge in [-0.05, 0) is 60.5 Å². The van der Waals surface area contributed by atoms with Crippen molar-refractivity contribution in [3.63, 3.8) is 0 Å². The molecule has 1 fully saturated rings. The van der Waals surface area contributed by atoms with Gasteiger partial charge in [0.15, 0.2) is 0 Å². The Kier molecular flexibility index (Phi) is 6.96. The minimum absolute atomic E-state index is 0. The van der Waals surface area contributed by atoms with Crippen LogP contribution >= 0.6 is 23.7 Å². The fraction of sp³-hybridized carbons (Fsp3) is 0.320. The topological polar surface area (TPSA) is 28.5 Å². The average molecular weight is 454 g/mol. The molecule has 0 N–H and O–H groups in total. The molecule has 3 heterocycles. The zero-order valence-corrected chi connectivity index (χ0v) is 19.2. The third kappa shape index (κ3) is 4.64. The van der Waals surface area contributed by atoms with Crippen LogP contribution in [0.4, 0.5) is 5.69 Å². The van der Waals surface area contributed by atoms with Crippen LogP contribution in [-0.2, 0) is 6.54 Å². The van der Waals surface area contributed by atoms with Crippen LogP contribution in [0.1, 0.15) is 12.8 Å². The number of benzene rings is 2. The predicted octanol–water partition coefficient (Wildman–Crippen LogP) is 5.24. The number of aromatic nitrogens is 1. The molecule has 0 atom stereocenters. The standard InChI is InChI=1S/C25H27N3OS.ClH/c29-25-11-10-20-6-1-2-7-22(20)28(25)14-4-3-13-26-15-17-27(18-16-26)23-8-5-9-24-21(23)12-19-30-24;/h1-2,5-12,19H,3-4,13-18H2;1H. The van der Waals surface area contributed by atoms with Gasteiger partial charge >= 0.3 is 0 Å². The summed E-state index contributed by atoms with van der Waals surface area (Å²) in [6, 6.07) is 20.6. The number of unbranched alkanes of at least 4 members (excludes halogenated alkanes) is 1. The Labute approximate surface area is 193 Å². The SMILES string of the molecule is Cl.O=c1ccc2ccccc2n1CCCCN1CCN(c2cccc3sccc23)CC1. The highest BCUT2D eigenvalue weighted by atomic mass is 35.5. The second-order valence-corrected chi connectivity index (χ2v) is 8.98. The molecular formula is C25H28ClN3OS. The lowest BCUT2D eigenvalue weighted by molar-refractivity contribution is 0.251. The fourth-order valence-electron chi connectivity index (χ4n) is 4.55. The van der Waals surface area contributed by atoms with Crippen LogP contribution in [0, 0.1) is 0 Å². The van der Waals surface area contributed by atoms with Gasteiger partial charge in [-0.3, -0.25) is 9.69 Å². The normalized spacial score (nSPS) is 14.8. The molecule has 0 saturated carbocycles. The number of hydrogen-bond acceptors (Lipinski definition) is 4. The van der Waals surface area contributed by atoms with Crippen molar-refractivity contribution in [1.29, 1.82) is 0 Å². The molecule has 5 rings (SSSR count). The Hall–Kier alpha value is -2.34. The fourth-order valence-corrected chi connectivity index (χ4v) is 5.35. The molecule has 6 heteroatoms. The summed E-state index contributed by atoms with van der Waals surface area (Å²) in [7, 11) is 0. The van der Waals surface area contributed by atoms with E-state index in [0.29, 0.717) is 0 Å². The third-order valence-electron chi connectivity index (χ3n) is 6.19. The van der Waals surface area contributed by atoms with Crippen molar-refractivity contribution in [1.82, 2.24) is 9.47 Å². The largest absolute Gasteiger partial charge is 0.368 e. The molecule has 0 radical (unpaired) electrons. The van der Waals surface area contributed by atoms with Gasteiger partial charge in [0, 0.05) is 54.6 Å². The quantitative estimate of drug-likeness (QED) is 0.374. The lowest BCUT2D eigenvalue weighted by Gasteiger charge is -2.36. The molecule has 31 heavy (non-hydrogen) atoms. The molecule has 2 aromatic heterocycles. The van der Waals surface area contributed by atoms with E-state index in [2.05, 4.69) is 45.5 Å². The molecule has 0 unspecified atom stereocenters. The van der Waals surface area contributed by atoms with E-state index in [1.807, 2.05) is 40.2 Å². The van der Waals surface area contributed by atoms with Crippen LogP contribution < -0.4 is 10.5 Å². The lowest BCUT2D eigenvalue weighted by atomic mass is 10.1. The Morgan fingerprint density at radius 1 is 0.806 bits per heavy atom. The van der Waals surface area contributed by atoms with Crippen molar-refractivity contribution in [2.75, 3.05) is 37.6 Å². The summed E-state index contributed by atoms with van der Waals surface area (Å²) < 4.78 is 3.30. The number of piperazine rings is 1. The van der Waals surface area contributed by atoms with Gasteiger partial charge in [-0.25, -0.2) is 0 Å². The van der Waals surface area contributed by atoms with Gasteiger partial charge in [0.25, 0.3) is 5.56 Å². The molecule has 4 nitrogen and oxygen atoms in total. The molecule has 0 amide bonds. The first-order chi connectivity index (χ1) is 14.8. The number of halogens is 1. The van der Waals surface area contributed by atoms with E-state index in [1.165, 1.54) is 15.8 Å². The zero-order valence-electron chi connectivity index (χ0n) is 17.6. The first-order valence-corrected chi connectivity index (χ1v) is 11.7. The first-order valence-electron chi connectivity index (χ1n) is 10.8. The van der Waals surface area contributed by atoms with E-state index < -0.39 is 0 Å². The van der Waals surface area contributed by atoms with Crippen LogP contribution in [-0.4, -0.2) is 42.2 Å². The molecule has 0 aliphatic carbocycles. The Bertz CT molecular complexity index is 1210. The maximum Gasteiger partial charge on any atom is 0.251 e. The summed E-state index contributed by atoms with van der Waals surface area (Å²) >= 11 is 1.82.